The first-order chi connectivity index (χ1) is 9.26. The van der Waals surface area contributed by atoms with Crippen LogP contribution in [0, 0.1) is 0 Å². The number of rotatable bonds is 7. The number of nitrogens with one attached hydrogen (secondary N) is 1. The van der Waals surface area contributed by atoms with Crippen molar-refractivity contribution in [3.63, 3.8) is 0 Å². The van der Waals surface area contributed by atoms with E-state index in [1.807, 2.05) is 11.3 Å². The molecule has 1 atom stereocenters. The normalized spacial score (nSPS) is 18.4. The zero-order valence-corrected chi connectivity index (χ0v) is 13.4. The summed E-state index contributed by atoms with van der Waals surface area (Å²) in [4.78, 5) is 8.69. The third-order valence-electron chi connectivity index (χ3n) is 3.81. The van der Waals surface area contributed by atoms with E-state index in [9.17, 15) is 0 Å². The highest BCUT2D eigenvalue weighted by Gasteiger charge is 2.24. The topological polar surface area (TPSA) is 28.2 Å². The molecular formula is C15H27N3S. The lowest BCUT2D eigenvalue weighted by molar-refractivity contribution is 0.476. The van der Waals surface area contributed by atoms with Gasteiger partial charge in [0, 0.05) is 24.5 Å². The first kappa shape index (κ1) is 14.8. The van der Waals surface area contributed by atoms with Crippen LogP contribution in [-0.4, -0.2) is 25.1 Å². The minimum Gasteiger partial charge on any atom is -0.351 e. The number of aromatic nitrogens is 1. The van der Waals surface area contributed by atoms with E-state index in [0.29, 0.717) is 6.04 Å². The zero-order valence-electron chi connectivity index (χ0n) is 12.5. The van der Waals surface area contributed by atoms with Gasteiger partial charge in [-0.05, 0) is 32.2 Å². The summed E-state index contributed by atoms with van der Waals surface area (Å²) in [5.41, 5.74) is 1.35. The number of thiazole rings is 1. The predicted octanol–water partition coefficient (Wildman–Crippen LogP) is 3.76. The molecule has 0 radical (unpaired) electrons. The molecule has 0 fully saturated rings. The third kappa shape index (κ3) is 3.69. The van der Waals surface area contributed by atoms with Crippen LogP contribution in [0.1, 0.15) is 62.6 Å². The Morgan fingerprint density at radius 1 is 1.37 bits per heavy atom. The molecule has 1 aliphatic rings. The van der Waals surface area contributed by atoms with Gasteiger partial charge in [-0.3, -0.25) is 0 Å². The Bertz CT molecular complexity index is 389. The average Bonchev–Trinajstić information content (AvgIpc) is 2.84. The summed E-state index contributed by atoms with van der Waals surface area (Å²) in [6.07, 6.45) is 7.57. The molecule has 1 heterocycles. The summed E-state index contributed by atoms with van der Waals surface area (Å²) in [6.45, 7) is 6.62. The van der Waals surface area contributed by atoms with Crippen molar-refractivity contribution in [1.82, 2.24) is 10.3 Å². The maximum absolute atomic E-state index is 4.87. The number of fused-ring (bicyclic) bond motifs is 1. The first-order valence-electron chi connectivity index (χ1n) is 7.70. The van der Waals surface area contributed by atoms with Crippen molar-refractivity contribution in [2.45, 2.75) is 58.4 Å². The van der Waals surface area contributed by atoms with Crippen LogP contribution in [0.2, 0.25) is 0 Å². The molecule has 1 aromatic rings. The van der Waals surface area contributed by atoms with Crippen molar-refractivity contribution >= 4 is 16.5 Å². The second-order valence-corrected chi connectivity index (χ2v) is 6.45. The van der Waals surface area contributed by atoms with Gasteiger partial charge in [-0.2, -0.15) is 0 Å². The van der Waals surface area contributed by atoms with Crippen molar-refractivity contribution in [1.29, 1.82) is 0 Å². The van der Waals surface area contributed by atoms with Gasteiger partial charge in [0.25, 0.3) is 0 Å². The standard InChI is InChI=1S/C15H27N3S/c1-4-6-7-11-18(3)15-17-13-10-8-9-12(16-5-2)14(13)19-15/h12,16H,4-11H2,1-3H3. The monoisotopic (exact) mass is 281 g/mol. The fourth-order valence-electron chi connectivity index (χ4n) is 2.71. The molecule has 0 saturated heterocycles. The van der Waals surface area contributed by atoms with Crippen LogP contribution in [-0.2, 0) is 6.42 Å². The SMILES string of the molecule is CCCCCN(C)c1nc2c(s1)C(NCC)CCC2. The Morgan fingerprint density at radius 3 is 2.95 bits per heavy atom. The average molecular weight is 281 g/mol. The van der Waals surface area contributed by atoms with Crippen LogP contribution in [0.3, 0.4) is 0 Å². The van der Waals surface area contributed by atoms with Crippen LogP contribution in [0.25, 0.3) is 0 Å². The molecule has 0 spiro atoms. The summed E-state index contributed by atoms with van der Waals surface area (Å²) in [6, 6.07) is 0.545. The number of anilines is 1. The molecule has 0 aromatic carbocycles. The van der Waals surface area contributed by atoms with Gasteiger partial charge in [-0.1, -0.05) is 38.0 Å². The second kappa shape index (κ2) is 7.25. The van der Waals surface area contributed by atoms with E-state index in [1.54, 1.807) is 0 Å². The number of hydrogen-bond donors (Lipinski definition) is 1. The zero-order chi connectivity index (χ0) is 13.7. The van der Waals surface area contributed by atoms with Gasteiger partial charge in [0.15, 0.2) is 5.13 Å². The van der Waals surface area contributed by atoms with Crippen molar-refractivity contribution < 1.29 is 0 Å². The molecule has 0 bridgehead atoms. The number of nitrogens with zero attached hydrogens (tertiary/aromatic N) is 2. The van der Waals surface area contributed by atoms with Gasteiger partial charge in [0.05, 0.1) is 5.69 Å². The fraction of sp³-hybridized carbons (Fsp3) is 0.800. The molecule has 0 aliphatic heterocycles. The van der Waals surface area contributed by atoms with Crippen LogP contribution in [0.4, 0.5) is 5.13 Å². The maximum Gasteiger partial charge on any atom is 0.185 e. The summed E-state index contributed by atoms with van der Waals surface area (Å²) >= 11 is 1.90. The Balaban J connectivity index is 2.03. The quantitative estimate of drug-likeness (QED) is 0.771. The molecule has 3 nitrogen and oxygen atoms in total. The van der Waals surface area contributed by atoms with E-state index in [1.165, 1.54) is 47.8 Å². The third-order valence-corrected chi connectivity index (χ3v) is 5.14. The van der Waals surface area contributed by atoms with Crippen LogP contribution in [0.15, 0.2) is 0 Å². The largest absolute Gasteiger partial charge is 0.351 e. The van der Waals surface area contributed by atoms with E-state index >= 15 is 0 Å². The van der Waals surface area contributed by atoms with Crippen molar-refractivity contribution in [3.8, 4) is 0 Å². The molecular weight excluding hydrogens is 254 g/mol. The van der Waals surface area contributed by atoms with Gasteiger partial charge < -0.3 is 10.2 Å². The predicted molar refractivity (Wildman–Crippen MR) is 84.3 cm³/mol. The van der Waals surface area contributed by atoms with Crippen LogP contribution >= 0.6 is 11.3 Å². The van der Waals surface area contributed by atoms with Gasteiger partial charge >= 0.3 is 0 Å². The van der Waals surface area contributed by atoms with Crippen LogP contribution < -0.4 is 10.2 Å². The molecule has 1 N–H and O–H groups in total. The van der Waals surface area contributed by atoms with Crippen molar-refractivity contribution in [3.05, 3.63) is 10.6 Å². The molecule has 0 amide bonds. The van der Waals surface area contributed by atoms with E-state index in [4.69, 9.17) is 4.98 Å². The molecule has 1 aliphatic carbocycles. The molecule has 2 rings (SSSR count). The molecule has 0 saturated carbocycles. The second-order valence-electron chi connectivity index (χ2n) is 5.44. The lowest BCUT2D eigenvalue weighted by Gasteiger charge is -2.21. The smallest absolute Gasteiger partial charge is 0.185 e. The van der Waals surface area contributed by atoms with Crippen molar-refractivity contribution in [2.24, 2.45) is 0 Å². The molecule has 1 unspecified atom stereocenters. The Hall–Kier alpha value is -0.610. The molecule has 1 aromatic heterocycles. The van der Waals surface area contributed by atoms with Gasteiger partial charge in [-0.25, -0.2) is 4.98 Å². The number of hydrogen-bond acceptors (Lipinski definition) is 4. The summed E-state index contributed by atoms with van der Waals surface area (Å²) in [7, 11) is 2.18. The van der Waals surface area contributed by atoms with E-state index in [2.05, 4.69) is 31.1 Å². The van der Waals surface area contributed by atoms with Gasteiger partial charge in [0.2, 0.25) is 0 Å². The molecule has 4 heteroatoms. The minimum atomic E-state index is 0.545. The first-order valence-corrected chi connectivity index (χ1v) is 8.52. The summed E-state index contributed by atoms with van der Waals surface area (Å²) in [5, 5.41) is 4.81. The van der Waals surface area contributed by atoms with Crippen molar-refractivity contribution in [2.75, 3.05) is 25.0 Å². The number of unbranched alkanes of at least 4 members (excludes halogenated alkanes) is 2. The lowest BCUT2D eigenvalue weighted by Crippen LogP contribution is -2.23. The maximum atomic E-state index is 4.87. The number of aryl methyl sites for hydroxylation is 1. The molecule has 19 heavy (non-hydrogen) atoms. The highest BCUT2D eigenvalue weighted by atomic mass is 32.1. The molecule has 108 valence electrons. The van der Waals surface area contributed by atoms with E-state index in [0.717, 1.165) is 19.5 Å². The van der Waals surface area contributed by atoms with E-state index in [-0.39, 0.29) is 0 Å². The van der Waals surface area contributed by atoms with Crippen LogP contribution in [0.5, 0.6) is 0 Å². The minimum absolute atomic E-state index is 0.545. The van der Waals surface area contributed by atoms with Gasteiger partial charge in [-0.15, -0.1) is 0 Å². The summed E-state index contributed by atoms with van der Waals surface area (Å²) < 4.78 is 0. The fourth-order valence-corrected chi connectivity index (χ4v) is 3.91. The Morgan fingerprint density at radius 2 is 2.21 bits per heavy atom. The highest BCUT2D eigenvalue weighted by molar-refractivity contribution is 7.15. The Labute approximate surface area is 121 Å². The lowest BCUT2D eigenvalue weighted by atomic mass is 9.98. The van der Waals surface area contributed by atoms with Gasteiger partial charge in [0.1, 0.15) is 0 Å². The van der Waals surface area contributed by atoms with E-state index < -0.39 is 0 Å². The highest BCUT2D eigenvalue weighted by Crippen LogP contribution is 2.37. The summed E-state index contributed by atoms with van der Waals surface area (Å²) in [5.74, 6) is 0. The Kier molecular flexibility index (Phi) is 5.64.